The van der Waals surface area contributed by atoms with Crippen molar-refractivity contribution >= 4 is 19.9 Å². The molecule has 1 fully saturated rings. The van der Waals surface area contributed by atoms with Crippen LogP contribution in [-0.4, -0.2) is 53.0 Å². The molecule has 0 aromatic heterocycles. The van der Waals surface area contributed by atoms with E-state index in [9.17, 15) is 13.6 Å². The molecule has 5 nitrogen and oxygen atoms in total. The van der Waals surface area contributed by atoms with E-state index in [1.54, 1.807) is 29.2 Å². The molecule has 0 saturated carbocycles. The number of hydrogen-bond acceptors (Lipinski definition) is 3. The zero-order valence-electron chi connectivity index (χ0n) is 29.4. The van der Waals surface area contributed by atoms with Crippen LogP contribution in [0.15, 0.2) is 72.8 Å². The molecule has 1 amide bonds. The third-order valence-corrected chi connectivity index (χ3v) is 14.0. The van der Waals surface area contributed by atoms with Crippen molar-refractivity contribution in [2.24, 2.45) is 5.92 Å². The summed E-state index contributed by atoms with van der Waals surface area (Å²) in [5, 5.41) is -0.00493. The van der Waals surface area contributed by atoms with Crippen LogP contribution in [0.2, 0.25) is 18.1 Å². The molecule has 3 atom stereocenters. The first-order valence-corrected chi connectivity index (χ1v) is 19.5. The van der Waals surface area contributed by atoms with Gasteiger partial charge in [-0.25, -0.2) is 8.78 Å². The highest BCUT2D eigenvalue weighted by Gasteiger charge is 2.49. The lowest BCUT2D eigenvalue weighted by Crippen LogP contribution is -3.00. The Morgan fingerprint density at radius 3 is 1.98 bits per heavy atom. The average molecular weight is 732 g/mol. The topological polar surface area (TPSA) is 38.8 Å². The van der Waals surface area contributed by atoms with Gasteiger partial charge in [-0.1, -0.05) is 45.0 Å². The van der Waals surface area contributed by atoms with Crippen LogP contribution in [0.25, 0.3) is 0 Å². The largest absolute Gasteiger partial charge is 1.00 e. The summed E-state index contributed by atoms with van der Waals surface area (Å²) in [6, 6.07) is 20.5. The van der Waals surface area contributed by atoms with Crippen molar-refractivity contribution in [2.45, 2.75) is 83.2 Å². The molecule has 1 heterocycles. The highest BCUT2D eigenvalue weighted by molar-refractivity contribution is 6.74. The molecule has 3 aromatic carbocycles. The number of amides is 1. The van der Waals surface area contributed by atoms with E-state index in [0.717, 1.165) is 40.7 Å². The summed E-state index contributed by atoms with van der Waals surface area (Å²) in [6.07, 6.45) is 4.27. The fraction of sp³-hybridized carbons (Fsp3) is 0.500. The molecule has 0 radical (unpaired) electrons. The second-order valence-corrected chi connectivity index (χ2v) is 20.0. The highest BCUT2D eigenvalue weighted by atomic mass is 79.9. The molecule has 0 bridgehead atoms. The predicted octanol–water partition coefficient (Wildman–Crippen LogP) is 6.47. The lowest BCUT2D eigenvalue weighted by molar-refractivity contribution is -0.870. The number of β-lactam (4-membered cyclic amide) rings is 1. The molecule has 1 saturated heterocycles. The Morgan fingerprint density at radius 1 is 0.851 bits per heavy atom. The molecule has 258 valence electrons. The van der Waals surface area contributed by atoms with Gasteiger partial charge in [0.15, 0.2) is 8.32 Å². The van der Waals surface area contributed by atoms with E-state index in [-0.39, 0.29) is 57.6 Å². The number of benzene rings is 3. The third kappa shape index (κ3) is 10.4. The maximum atomic E-state index is 13.8. The summed E-state index contributed by atoms with van der Waals surface area (Å²) >= 11 is 0. The standard InChI is InChI=1S/C38H53F2N2O3Si.BrH/c1-38(2,3)46(7,8)45-35(28-12-16-30(39)17-13-28)25-24-34-36(41(37(34)43)32-20-18-31(40)19-21-32)29-14-22-33(23-15-29)44-27-11-9-10-26-42(4,5)6;/h12-23,34-36H,9-11,24-27H2,1-8H3;1H/q+1;/p-1. The van der Waals surface area contributed by atoms with Gasteiger partial charge in [-0.15, -0.1) is 0 Å². The molecule has 0 spiro atoms. The maximum Gasteiger partial charge on any atom is 0.233 e. The lowest BCUT2D eigenvalue weighted by atomic mass is 9.78. The first kappa shape index (κ1) is 38.9. The number of carbonyl (C=O) groups is 1. The smallest absolute Gasteiger partial charge is 0.233 e. The van der Waals surface area contributed by atoms with Crippen LogP contribution >= 0.6 is 0 Å². The zero-order chi connectivity index (χ0) is 33.7. The monoisotopic (exact) mass is 730 g/mol. The first-order valence-electron chi connectivity index (χ1n) is 16.6. The minimum absolute atomic E-state index is 0. The molecule has 47 heavy (non-hydrogen) atoms. The SMILES string of the molecule is CC(C)(C)[Si](C)(C)OC(CCC1C(=O)N(c2ccc(F)cc2)C1c1ccc(OCCCCC[N+](C)(C)C)cc1)c1ccc(F)cc1.[Br-]. The Hall–Kier alpha value is -2.59. The predicted molar refractivity (Wildman–Crippen MR) is 185 cm³/mol. The highest BCUT2D eigenvalue weighted by Crippen LogP contribution is 2.48. The van der Waals surface area contributed by atoms with E-state index in [0.29, 0.717) is 25.1 Å². The summed E-state index contributed by atoms with van der Waals surface area (Å²) < 4.78 is 41.5. The zero-order valence-corrected chi connectivity index (χ0v) is 31.9. The Labute approximate surface area is 292 Å². The van der Waals surface area contributed by atoms with Crippen molar-refractivity contribution in [3.63, 3.8) is 0 Å². The van der Waals surface area contributed by atoms with Crippen molar-refractivity contribution < 1.29 is 44.2 Å². The van der Waals surface area contributed by atoms with Gasteiger partial charge < -0.3 is 35.5 Å². The molecule has 3 unspecified atom stereocenters. The number of ether oxygens (including phenoxy) is 1. The minimum atomic E-state index is -2.17. The van der Waals surface area contributed by atoms with Crippen LogP contribution in [0, 0.1) is 17.6 Å². The molecule has 3 aromatic rings. The number of quaternary nitrogens is 1. The fourth-order valence-corrected chi connectivity index (χ4v) is 7.07. The molecular formula is C38H53BrF2N2O3Si. The summed E-state index contributed by atoms with van der Waals surface area (Å²) in [5.41, 5.74) is 2.60. The van der Waals surface area contributed by atoms with Crippen LogP contribution in [0.3, 0.4) is 0 Å². The number of anilines is 1. The Balaban J connectivity index is 0.00000600. The van der Waals surface area contributed by atoms with E-state index in [1.165, 1.54) is 30.7 Å². The van der Waals surface area contributed by atoms with Crippen molar-refractivity contribution in [3.05, 3.63) is 95.6 Å². The van der Waals surface area contributed by atoms with Crippen molar-refractivity contribution in [3.8, 4) is 5.75 Å². The minimum Gasteiger partial charge on any atom is -1.00 e. The van der Waals surface area contributed by atoms with Crippen molar-refractivity contribution in [1.29, 1.82) is 0 Å². The van der Waals surface area contributed by atoms with Gasteiger partial charge in [-0.3, -0.25) is 4.79 Å². The summed E-state index contributed by atoms with van der Waals surface area (Å²) in [7, 11) is 4.46. The van der Waals surface area contributed by atoms with Crippen molar-refractivity contribution in [2.75, 3.05) is 39.2 Å². The number of carbonyl (C=O) groups excluding carboxylic acids is 1. The van der Waals surface area contributed by atoms with Crippen LogP contribution in [0.4, 0.5) is 14.5 Å². The molecular weight excluding hydrogens is 678 g/mol. The van der Waals surface area contributed by atoms with Gasteiger partial charge in [0, 0.05) is 5.69 Å². The number of halogens is 3. The van der Waals surface area contributed by atoms with Gasteiger partial charge in [0.2, 0.25) is 5.91 Å². The number of hydrogen-bond donors (Lipinski definition) is 0. The Morgan fingerprint density at radius 2 is 1.43 bits per heavy atom. The molecule has 1 aliphatic heterocycles. The van der Waals surface area contributed by atoms with Crippen molar-refractivity contribution in [1.82, 2.24) is 0 Å². The van der Waals surface area contributed by atoms with E-state index in [1.807, 2.05) is 24.3 Å². The lowest BCUT2D eigenvalue weighted by Gasteiger charge is -2.48. The van der Waals surface area contributed by atoms with Gasteiger partial charge in [0.1, 0.15) is 17.4 Å². The number of unbranched alkanes of at least 4 members (excludes halogenated alkanes) is 2. The van der Waals surface area contributed by atoms with E-state index in [2.05, 4.69) is 55.0 Å². The molecule has 0 aliphatic carbocycles. The van der Waals surface area contributed by atoms with Gasteiger partial charge in [-0.2, -0.15) is 0 Å². The Bertz CT molecular complexity index is 1420. The summed E-state index contributed by atoms with van der Waals surface area (Å²) in [6.45, 7) is 12.8. The second-order valence-electron chi connectivity index (χ2n) is 15.2. The quantitative estimate of drug-likeness (QED) is 0.0779. The van der Waals surface area contributed by atoms with E-state index < -0.39 is 8.32 Å². The maximum absolute atomic E-state index is 13.8. The number of rotatable bonds is 15. The van der Waals surface area contributed by atoms with E-state index in [4.69, 9.17) is 9.16 Å². The van der Waals surface area contributed by atoms with Gasteiger partial charge in [0.25, 0.3) is 0 Å². The Kier molecular flexibility index (Phi) is 13.4. The molecule has 0 N–H and O–H groups in total. The van der Waals surface area contributed by atoms with Crippen LogP contribution in [0.1, 0.15) is 76.1 Å². The first-order chi connectivity index (χ1) is 21.6. The van der Waals surface area contributed by atoms with Crippen LogP contribution in [-0.2, 0) is 9.22 Å². The van der Waals surface area contributed by atoms with Gasteiger partial charge in [-0.05, 0) is 110 Å². The van der Waals surface area contributed by atoms with Crippen LogP contribution in [0.5, 0.6) is 5.75 Å². The molecule has 4 rings (SSSR count). The average Bonchev–Trinajstić information content (AvgIpc) is 2.97. The number of nitrogens with zero attached hydrogens (tertiary/aromatic N) is 2. The fourth-order valence-electron chi connectivity index (χ4n) is 5.75. The normalized spacial score (nSPS) is 17.6. The third-order valence-electron chi connectivity index (χ3n) is 9.51. The van der Waals surface area contributed by atoms with Gasteiger partial charge in [0.05, 0.1) is 52.4 Å². The summed E-state index contributed by atoms with van der Waals surface area (Å²) in [4.78, 5) is 15.5. The second kappa shape index (κ2) is 16.2. The van der Waals surface area contributed by atoms with Gasteiger partial charge >= 0.3 is 0 Å². The van der Waals surface area contributed by atoms with Crippen LogP contribution < -0.4 is 26.6 Å². The molecule has 9 heteroatoms. The van der Waals surface area contributed by atoms with E-state index >= 15 is 0 Å². The molecule has 1 aliphatic rings. The summed E-state index contributed by atoms with van der Waals surface area (Å²) in [5.74, 6) is -0.0787.